The maximum Gasteiger partial charge on any atom is 0.241 e. The Balaban J connectivity index is 1.68. The number of hydrogen-bond donors (Lipinski definition) is 1. The van der Waals surface area contributed by atoms with Crippen LogP contribution in [0.2, 0.25) is 0 Å². The van der Waals surface area contributed by atoms with Crippen molar-refractivity contribution >= 4 is 5.91 Å². The van der Waals surface area contributed by atoms with Gasteiger partial charge in [0.15, 0.2) is 0 Å². The fraction of sp³-hybridized carbons (Fsp3) is 0.588. The fourth-order valence-corrected chi connectivity index (χ4v) is 3.51. The van der Waals surface area contributed by atoms with Crippen molar-refractivity contribution in [3.8, 4) is 0 Å². The third-order valence-corrected chi connectivity index (χ3v) is 4.97. The van der Waals surface area contributed by atoms with Gasteiger partial charge in [-0.1, -0.05) is 36.8 Å². The smallest absolute Gasteiger partial charge is 0.241 e. The van der Waals surface area contributed by atoms with Crippen molar-refractivity contribution in [1.82, 2.24) is 10.2 Å². The number of hydrogen-bond acceptors (Lipinski definition) is 2. The van der Waals surface area contributed by atoms with Crippen LogP contribution in [0.15, 0.2) is 30.3 Å². The lowest BCUT2D eigenvalue weighted by atomic mass is 9.79. The lowest BCUT2D eigenvalue weighted by Crippen LogP contribution is -2.47. The second-order valence-corrected chi connectivity index (χ2v) is 6.26. The first-order valence-corrected chi connectivity index (χ1v) is 7.79. The van der Waals surface area contributed by atoms with E-state index in [0.29, 0.717) is 12.0 Å². The number of carbonyl (C=O) groups excluding carboxylic acids is 1. The molecule has 20 heavy (non-hydrogen) atoms. The maximum atomic E-state index is 12.7. The normalized spacial score (nSPS) is 28.5. The van der Waals surface area contributed by atoms with Gasteiger partial charge in [-0.05, 0) is 44.6 Å². The molecule has 3 heteroatoms. The van der Waals surface area contributed by atoms with Crippen LogP contribution in [0.25, 0.3) is 0 Å². The summed E-state index contributed by atoms with van der Waals surface area (Å²) in [6.07, 6.45) is 4.83. The third-order valence-electron chi connectivity index (χ3n) is 4.97. The van der Waals surface area contributed by atoms with Crippen LogP contribution in [-0.2, 0) is 11.2 Å². The first-order valence-electron chi connectivity index (χ1n) is 7.79. The summed E-state index contributed by atoms with van der Waals surface area (Å²) in [6, 6.07) is 10.6. The second kappa shape index (κ2) is 5.57. The topological polar surface area (TPSA) is 32.3 Å². The molecule has 1 heterocycles. The summed E-state index contributed by atoms with van der Waals surface area (Å²) in [5.41, 5.74) is 1.23. The van der Waals surface area contributed by atoms with Gasteiger partial charge >= 0.3 is 0 Å². The van der Waals surface area contributed by atoms with Gasteiger partial charge in [0.1, 0.15) is 0 Å². The van der Waals surface area contributed by atoms with E-state index in [0.717, 1.165) is 6.42 Å². The van der Waals surface area contributed by atoms with Crippen molar-refractivity contribution in [3.63, 3.8) is 0 Å². The molecule has 108 valence electrons. The minimum absolute atomic E-state index is 0.0603. The summed E-state index contributed by atoms with van der Waals surface area (Å²) < 4.78 is 0. The van der Waals surface area contributed by atoms with E-state index in [4.69, 9.17) is 0 Å². The average molecular weight is 272 g/mol. The predicted molar refractivity (Wildman–Crippen MR) is 80.2 cm³/mol. The van der Waals surface area contributed by atoms with Gasteiger partial charge in [0.05, 0.1) is 12.2 Å². The molecule has 2 fully saturated rings. The Bertz CT molecular complexity index is 469. The van der Waals surface area contributed by atoms with Crippen LogP contribution >= 0.6 is 0 Å². The number of nitrogens with zero attached hydrogens (tertiary/aromatic N) is 1. The number of rotatable bonds is 4. The maximum absolute atomic E-state index is 12.7. The van der Waals surface area contributed by atoms with Crippen molar-refractivity contribution < 1.29 is 4.79 Å². The minimum atomic E-state index is -0.0603. The van der Waals surface area contributed by atoms with Gasteiger partial charge in [0.25, 0.3) is 0 Å². The Morgan fingerprint density at radius 1 is 1.30 bits per heavy atom. The first-order chi connectivity index (χ1) is 9.66. The highest BCUT2D eigenvalue weighted by molar-refractivity contribution is 5.85. The van der Waals surface area contributed by atoms with Crippen LogP contribution in [0.5, 0.6) is 0 Å². The summed E-state index contributed by atoms with van der Waals surface area (Å²) in [6.45, 7) is 4.32. The van der Waals surface area contributed by atoms with Crippen molar-refractivity contribution in [2.45, 2.75) is 57.8 Å². The van der Waals surface area contributed by atoms with E-state index in [1.807, 2.05) is 18.2 Å². The summed E-state index contributed by atoms with van der Waals surface area (Å²) in [5, 5.41) is 3.46. The molecule has 0 bridgehead atoms. The summed E-state index contributed by atoms with van der Waals surface area (Å²) >= 11 is 0. The van der Waals surface area contributed by atoms with Crippen molar-refractivity contribution in [2.24, 2.45) is 5.92 Å². The monoisotopic (exact) mass is 272 g/mol. The molecule has 3 rings (SSSR count). The molecule has 1 aromatic rings. The zero-order valence-corrected chi connectivity index (χ0v) is 12.4. The van der Waals surface area contributed by atoms with Gasteiger partial charge < -0.3 is 4.90 Å². The highest BCUT2D eigenvalue weighted by Gasteiger charge is 2.41. The SMILES string of the molecule is CC1NC(Cc2ccccc2)C(=O)N1C(C)C1CCC1. The van der Waals surface area contributed by atoms with Crippen molar-refractivity contribution in [1.29, 1.82) is 0 Å². The van der Waals surface area contributed by atoms with Crippen LogP contribution in [0.3, 0.4) is 0 Å². The van der Waals surface area contributed by atoms with Crippen LogP contribution in [-0.4, -0.2) is 29.1 Å². The molecule has 2 aliphatic rings. The molecule has 3 unspecified atom stereocenters. The fourth-order valence-electron chi connectivity index (χ4n) is 3.51. The van der Waals surface area contributed by atoms with Gasteiger partial charge in [-0.3, -0.25) is 10.1 Å². The van der Waals surface area contributed by atoms with Crippen molar-refractivity contribution in [2.75, 3.05) is 0 Å². The molecule has 3 nitrogen and oxygen atoms in total. The van der Waals surface area contributed by atoms with Crippen LogP contribution in [0.4, 0.5) is 0 Å². The van der Waals surface area contributed by atoms with Crippen molar-refractivity contribution in [3.05, 3.63) is 35.9 Å². The Hall–Kier alpha value is -1.35. The molecule has 1 saturated carbocycles. The van der Waals surface area contributed by atoms with E-state index in [-0.39, 0.29) is 18.1 Å². The van der Waals surface area contributed by atoms with Gasteiger partial charge in [-0.25, -0.2) is 0 Å². The van der Waals surface area contributed by atoms with Gasteiger partial charge in [0, 0.05) is 6.04 Å². The molecule has 1 amide bonds. The van der Waals surface area contributed by atoms with E-state index in [2.05, 4.69) is 36.2 Å². The van der Waals surface area contributed by atoms with Gasteiger partial charge in [-0.15, -0.1) is 0 Å². The summed E-state index contributed by atoms with van der Waals surface area (Å²) in [4.78, 5) is 14.8. The predicted octanol–water partition coefficient (Wildman–Crippen LogP) is 2.56. The first kappa shape index (κ1) is 13.6. The molecule has 1 saturated heterocycles. The molecule has 1 aliphatic heterocycles. The van der Waals surface area contributed by atoms with E-state index < -0.39 is 0 Å². The van der Waals surface area contributed by atoms with Gasteiger partial charge in [0.2, 0.25) is 5.91 Å². The zero-order valence-electron chi connectivity index (χ0n) is 12.4. The summed E-state index contributed by atoms with van der Waals surface area (Å²) in [7, 11) is 0. The number of benzene rings is 1. The number of amides is 1. The lowest BCUT2D eigenvalue weighted by molar-refractivity contribution is -0.133. The second-order valence-electron chi connectivity index (χ2n) is 6.26. The van der Waals surface area contributed by atoms with Gasteiger partial charge in [-0.2, -0.15) is 0 Å². The molecular formula is C17H24N2O. The Morgan fingerprint density at radius 2 is 2.00 bits per heavy atom. The highest BCUT2D eigenvalue weighted by Crippen LogP contribution is 2.34. The standard InChI is InChI=1S/C17H24N2O/c1-12(15-9-6-10-15)19-13(2)18-16(17(19)20)11-14-7-4-3-5-8-14/h3-5,7-8,12-13,15-16,18H,6,9-11H2,1-2H3. The molecule has 0 spiro atoms. The third kappa shape index (κ3) is 2.47. The van der Waals surface area contributed by atoms with E-state index in [1.165, 1.54) is 24.8 Å². The Morgan fingerprint density at radius 3 is 2.60 bits per heavy atom. The molecule has 0 radical (unpaired) electrons. The molecule has 0 aromatic heterocycles. The quantitative estimate of drug-likeness (QED) is 0.913. The molecule has 3 atom stereocenters. The Labute approximate surface area is 121 Å². The highest BCUT2D eigenvalue weighted by atomic mass is 16.2. The van der Waals surface area contributed by atoms with E-state index in [1.54, 1.807) is 0 Å². The largest absolute Gasteiger partial charge is 0.323 e. The zero-order chi connectivity index (χ0) is 14.1. The van der Waals surface area contributed by atoms with E-state index >= 15 is 0 Å². The Kier molecular flexibility index (Phi) is 3.79. The van der Waals surface area contributed by atoms with E-state index in [9.17, 15) is 4.79 Å². The van der Waals surface area contributed by atoms with Crippen LogP contribution in [0, 0.1) is 5.92 Å². The van der Waals surface area contributed by atoms with Crippen LogP contribution in [0.1, 0.15) is 38.7 Å². The molecular weight excluding hydrogens is 248 g/mol. The number of carbonyl (C=O) groups is 1. The molecule has 1 aromatic carbocycles. The number of nitrogens with one attached hydrogen (secondary N) is 1. The van der Waals surface area contributed by atoms with Crippen LogP contribution < -0.4 is 5.32 Å². The molecule has 1 N–H and O–H groups in total. The minimum Gasteiger partial charge on any atom is -0.323 e. The molecule has 1 aliphatic carbocycles. The summed E-state index contributed by atoms with van der Waals surface area (Å²) in [5.74, 6) is 0.986. The lowest BCUT2D eigenvalue weighted by Gasteiger charge is -2.39. The average Bonchev–Trinajstić information content (AvgIpc) is 2.63.